The maximum Gasteiger partial charge on any atom is 0.323 e. The average Bonchev–Trinajstić information content (AvgIpc) is 2.29. The van der Waals surface area contributed by atoms with Crippen LogP contribution in [0.25, 0.3) is 0 Å². The van der Waals surface area contributed by atoms with Gasteiger partial charge in [-0.25, -0.2) is 0 Å². The van der Waals surface area contributed by atoms with Gasteiger partial charge in [-0.2, -0.15) is 0 Å². The molecule has 2 N–H and O–H groups in total. The van der Waals surface area contributed by atoms with Gasteiger partial charge < -0.3 is 10.2 Å². The van der Waals surface area contributed by atoms with E-state index in [1.165, 1.54) is 0 Å². The molecule has 0 saturated carbocycles. The molecular weight excluding hydrogens is 206 g/mol. The normalized spacial score (nSPS) is 12.7. The van der Waals surface area contributed by atoms with Crippen LogP contribution in [0.3, 0.4) is 0 Å². The van der Waals surface area contributed by atoms with Crippen LogP contribution < -0.4 is 0 Å². The Morgan fingerprint density at radius 1 is 1.38 bits per heavy atom. The fourth-order valence-corrected chi connectivity index (χ4v) is 1.61. The number of aliphatic carboxylic acids is 1. The first-order valence-corrected chi connectivity index (χ1v) is 5.30. The van der Waals surface area contributed by atoms with E-state index < -0.39 is 12.0 Å². The summed E-state index contributed by atoms with van der Waals surface area (Å²) < 4.78 is 0. The largest absolute Gasteiger partial charge is 0.480 e. The van der Waals surface area contributed by atoms with Crippen molar-refractivity contribution in [3.63, 3.8) is 0 Å². The Bertz CT molecular complexity index is 326. The quantitative estimate of drug-likeness (QED) is 0.754. The lowest BCUT2D eigenvalue weighted by Gasteiger charge is -2.26. The molecule has 88 valence electrons. The zero-order valence-corrected chi connectivity index (χ0v) is 9.34. The number of aliphatic hydroxyl groups excluding tert-OH is 1. The summed E-state index contributed by atoms with van der Waals surface area (Å²) in [5.74, 6) is -0.986. The van der Waals surface area contributed by atoms with Crippen LogP contribution in [0.15, 0.2) is 30.3 Å². The van der Waals surface area contributed by atoms with Gasteiger partial charge in [-0.3, -0.25) is 9.69 Å². The lowest BCUT2D eigenvalue weighted by molar-refractivity contribution is -0.145. The van der Waals surface area contributed by atoms with Crippen LogP contribution in [-0.4, -0.2) is 40.3 Å². The summed E-state index contributed by atoms with van der Waals surface area (Å²) in [4.78, 5) is 12.7. The Morgan fingerprint density at radius 2 is 2.00 bits per heavy atom. The second kappa shape index (κ2) is 6.25. The van der Waals surface area contributed by atoms with Crippen molar-refractivity contribution in [3.05, 3.63) is 35.9 Å². The van der Waals surface area contributed by atoms with E-state index >= 15 is 0 Å². The van der Waals surface area contributed by atoms with E-state index in [1.54, 1.807) is 4.90 Å². The van der Waals surface area contributed by atoms with Crippen LogP contribution >= 0.6 is 0 Å². The van der Waals surface area contributed by atoms with Crippen LogP contribution in [0.5, 0.6) is 0 Å². The molecule has 4 heteroatoms. The molecule has 0 amide bonds. The highest BCUT2D eigenvalue weighted by atomic mass is 16.4. The van der Waals surface area contributed by atoms with Crippen molar-refractivity contribution in [1.82, 2.24) is 4.90 Å². The summed E-state index contributed by atoms with van der Waals surface area (Å²) in [6.07, 6.45) is 0. The highest BCUT2D eigenvalue weighted by molar-refractivity contribution is 5.73. The molecule has 0 spiro atoms. The molecule has 0 aliphatic carbocycles. The van der Waals surface area contributed by atoms with Crippen molar-refractivity contribution in [2.24, 2.45) is 0 Å². The summed E-state index contributed by atoms with van der Waals surface area (Å²) in [6.45, 7) is 2.64. The van der Waals surface area contributed by atoms with Gasteiger partial charge in [0.25, 0.3) is 0 Å². The van der Waals surface area contributed by atoms with Crippen LogP contribution in [0.4, 0.5) is 0 Å². The molecule has 0 heterocycles. The molecule has 0 aliphatic heterocycles. The van der Waals surface area contributed by atoms with Gasteiger partial charge in [0.15, 0.2) is 0 Å². The van der Waals surface area contributed by atoms with Gasteiger partial charge in [0, 0.05) is 6.54 Å². The van der Waals surface area contributed by atoms with Crippen molar-refractivity contribution >= 4 is 5.97 Å². The smallest absolute Gasteiger partial charge is 0.323 e. The molecular formula is C12H17NO3. The van der Waals surface area contributed by atoms with Crippen molar-refractivity contribution in [2.45, 2.75) is 19.5 Å². The molecule has 4 nitrogen and oxygen atoms in total. The molecule has 0 saturated heterocycles. The molecule has 1 atom stereocenters. The molecule has 0 radical (unpaired) electrons. The highest BCUT2D eigenvalue weighted by Gasteiger charge is 2.23. The highest BCUT2D eigenvalue weighted by Crippen LogP contribution is 2.08. The lowest BCUT2D eigenvalue weighted by Crippen LogP contribution is -2.43. The zero-order chi connectivity index (χ0) is 12.0. The van der Waals surface area contributed by atoms with E-state index in [0.29, 0.717) is 13.1 Å². The van der Waals surface area contributed by atoms with Gasteiger partial charge in [-0.1, -0.05) is 37.3 Å². The van der Waals surface area contributed by atoms with Crippen molar-refractivity contribution in [3.8, 4) is 0 Å². The molecule has 0 aliphatic rings. The standard InChI is InChI=1S/C12H17NO3/c1-2-13(11(9-14)12(15)16)8-10-6-4-3-5-7-10/h3-7,11,14H,2,8-9H2,1H3,(H,15,16). The van der Waals surface area contributed by atoms with Crippen LogP contribution in [0.1, 0.15) is 12.5 Å². The number of aliphatic hydroxyl groups is 1. The third-order valence-electron chi connectivity index (χ3n) is 2.53. The Hall–Kier alpha value is -1.39. The number of likely N-dealkylation sites (N-methyl/N-ethyl adjacent to an activating group) is 1. The number of benzene rings is 1. The van der Waals surface area contributed by atoms with E-state index in [2.05, 4.69) is 0 Å². The Labute approximate surface area is 95.1 Å². The first-order chi connectivity index (χ1) is 7.69. The van der Waals surface area contributed by atoms with E-state index in [-0.39, 0.29) is 6.61 Å². The summed E-state index contributed by atoms with van der Waals surface area (Å²) in [7, 11) is 0. The molecule has 16 heavy (non-hydrogen) atoms. The lowest BCUT2D eigenvalue weighted by atomic mass is 10.2. The van der Waals surface area contributed by atoms with Gasteiger partial charge >= 0.3 is 5.97 Å². The fraction of sp³-hybridized carbons (Fsp3) is 0.417. The van der Waals surface area contributed by atoms with Crippen LogP contribution in [-0.2, 0) is 11.3 Å². The minimum absolute atomic E-state index is 0.365. The SMILES string of the molecule is CCN(Cc1ccccc1)C(CO)C(=O)O. The molecule has 0 bridgehead atoms. The molecule has 0 aromatic heterocycles. The van der Waals surface area contributed by atoms with E-state index in [0.717, 1.165) is 5.56 Å². The van der Waals surface area contributed by atoms with Crippen molar-refractivity contribution in [1.29, 1.82) is 0 Å². The van der Waals surface area contributed by atoms with E-state index in [9.17, 15) is 4.79 Å². The third kappa shape index (κ3) is 3.32. The number of rotatable bonds is 6. The van der Waals surface area contributed by atoms with Crippen LogP contribution in [0, 0.1) is 0 Å². The van der Waals surface area contributed by atoms with Gasteiger partial charge in [0.05, 0.1) is 6.61 Å². The molecule has 1 aromatic rings. The number of carboxylic acid groups (broad SMARTS) is 1. The second-order valence-electron chi connectivity index (χ2n) is 3.59. The number of hydrogen-bond donors (Lipinski definition) is 2. The first kappa shape index (κ1) is 12.7. The van der Waals surface area contributed by atoms with E-state index in [4.69, 9.17) is 10.2 Å². The topological polar surface area (TPSA) is 60.8 Å². The number of carbonyl (C=O) groups is 1. The Kier molecular flexibility index (Phi) is 4.95. The number of nitrogens with zero attached hydrogens (tertiary/aromatic N) is 1. The van der Waals surface area contributed by atoms with Crippen molar-refractivity contribution < 1.29 is 15.0 Å². The minimum atomic E-state index is -0.986. The predicted octanol–water partition coefficient (Wildman–Crippen LogP) is 0.954. The first-order valence-electron chi connectivity index (χ1n) is 5.30. The van der Waals surface area contributed by atoms with Gasteiger partial charge in [-0.15, -0.1) is 0 Å². The molecule has 1 aromatic carbocycles. The second-order valence-corrected chi connectivity index (χ2v) is 3.59. The molecule has 1 unspecified atom stereocenters. The fourth-order valence-electron chi connectivity index (χ4n) is 1.61. The monoisotopic (exact) mass is 223 g/mol. The molecule has 1 rings (SSSR count). The predicted molar refractivity (Wildman–Crippen MR) is 61.0 cm³/mol. The average molecular weight is 223 g/mol. The number of hydrogen-bond acceptors (Lipinski definition) is 3. The summed E-state index contributed by atoms with van der Waals surface area (Å²) in [6, 6.07) is 8.80. The van der Waals surface area contributed by atoms with Gasteiger partial charge in [-0.05, 0) is 12.1 Å². The van der Waals surface area contributed by atoms with Gasteiger partial charge in [0.2, 0.25) is 0 Å². The summed E-state index contributed by atoms with van der Waals surface area (Å²) in [5.41, 5.74) is 1.05. The number of carboxylic acids is 1. The minimum Gasteiger partial charge on any atom is -0.480 e. The molecule has 0 fully saturated rings. The maximum atomic E-state index is 10.9. The summed E-state index contributed by atoms with van der Waals surface area (Å²) in [5, 5.41) is 18.0. The van der Waals surface area contributed by atoms with Crippen molar-refractivity contribution in [2.75, 3.05) is 13.2 Å². The summed E-state index contributed by atoms with van der Waals surface area (Å²) >= 11 is 0. The zero-order valence-electron chi connectivity index (χ0n) is 9.34. The van der Waals surface area contributed by atoms with Gasteiger partial charge in [0.1, 0.15) is 6.04 Å². The maximum absolute atomic E-state index is 10.9. The Balaban J connectivity index is 2.71. The Morgan fingerprint density at radius 3 is 2.44 bits per heavy atom. The third-order valence-corrected chi connectivity index (χ3v) is 2.53. The van der Waals surface area contributed by atoms with Crippen LogP contribution in [0.2, 0.25) is 0 Å². The van der Waals surface area contributed by atoms with E-state index in [1.807, 2.05) is 37.3 Å².